The van der Waals surface area contributed by atoms with Crippen molar-refractivity contribution in [2.24, 2.45) is 0 Å². The molecule has 0 fully saturated rings. The fraction of sp³-hybridized carbons (Fsp3) is 0. The van der Waals surface area contributed by atoms with Crippen LogP contribution in [-0.2, 0) is 18.7 Å². The molecule has 0 saturated carbocycles. The smallest absolute Gasteiger partial charge is 1.00 e. The van der Waals surface area contributed by atoms with Gasteiger partial charge in [-0.2, -0.15) is 4.39 Å². The molecule has 6 nitrogen and oxygen atoms in total. The Morgan fingerprint density at radius 3 is 1.91 bits per heavy atom. The number of halogens is 1. The van der Waals surface area contributed by atoms with Crippen LogP contribution in [0.5, 0.6) is 0 Å². The van der Waals surface area contributed by atoms with Gasteiger partial charge in [-0.1, -0.05) is 0 Å². The minimum Gasteiger partial charge on any atom is -1.00 e. The summed E-state index contributed by atoms with van der Waals surface area (Å²) < 4.78 is 23.8. The standard InChI is InChI=1S/C2H2FO6P.Li.H/c3-1(4)2(5)9-10(6,7)8;;/h(H2,6,7,8);;/q;+1;-1. The number of rotatable bonds is 2. The molecule has 60 valence electrons. The van der Waals surface area contributed by atoms with Gasteiger partial charge in [-0.3, -0.25) is 9.79 Å². The average molecular weight is 180 g/mol. The van der Waals surface area contributed by atoms with Crippen molar-refractivity contribution in [3.63, 3.8) is 0 Å². The first kappa shape index (κ1) is 13.4. The van der Waals surface area contributed by atoms with E-state index in [1.807, 2.05) is 0 Å². The molecule has 0 atom stereocenters. The van der Waals surface area contributed by atoms with Crippen LogP contribution >= 0.6 is 7.82 Å². The molecule has 2 N–H and O–H groups in total. The average Bonchev–Trinajstić information content (AvgIpc) is 1.60. The van der Waals surface area contributed by atoms with Gasteiger partial charge in [-0.05, 0) is 0 Å². The maximum atomic E-state index is 11.2. The van der Waals surface area contributed by atoms with E-state index in [4.69, 9.17) is 9.79 Å². The van der Waals surface area contributed by atoms with Crippen molar-refractivity contribution in [2.75, 3.05) is 0 Å². The first-order chi connectivity index (χ1) is 4.33. The van der Waals surface area contributed by atoms with Crippen LogP contribution in [0, 0.1) is 0 Å². The molecule has 11 heavy (non-hydrogen) atoms. The van der Waals surface area contributed by atoms with E-state index in [1.54, 1.807) is 0 Å². The van der Waals surface area contributed by atoms with Crippen LogP contribution in [0.15, 0.2) is 0 Å². The Labute approximate surface area is 73.6 Å². The molecule has 0 bridgehead atoms. The third-order valence-corrected chi connectivity index (χ3v) is 0.766. The zero-order chi connectivity index (χ0) is 8.36. The molecule has 0 aromatic heterocycles. The van der Waals surface area contributed by atoms with Crippen LogP contribution in [0.4, 0.5) is 4.39 Å². The van der Waals surface area contributed by atoms with Crippen molar-refractivity contribution in [1.82, 2.24) is 0 Å². The van der Waals surface area contributed by atoms with Gasteiger partial charge in [0, 0.05) is 0 Å². The fourth-order valence-corrected chi connectivity index (χ4v) is 0.432. The Kier molecular flexibility index (Phi) is 5.66. The Balaban J connectivity index is -0.000000405. The molecule has 0 saturated heterocycles. The number of hydrogen-bond donors (Lipinski definition) is 2. The van der Waals surface area contributed by atoms with Crippen LogP contribution in [0.2, 0.25) is 0 Å². The molecular formula is C2H3FLiO6P. The van der Waals surface area contributed by atoms with E-state index in [2.05, 4.69) is 4.52 Å². The van der Waals surface area contributed by atoms with Gasteiger partial charge in [0.2, 0.25) is 0 Å². The maximum Gasteiger partial charge on any atom is 1.00 e. The summed E-state index contributed by atoms with van der Waals surface area (Å²) in [6.07, 6.45) is 0. The molecule has 0 rings (SSSR count). The van der Waals surface area contributed by atoms with Gasteiger partial charge >= 0.3 is 38.7 Å². The number of carbonyl (C=O) groups excluding carboxylic acids is 2. The summed E-state index contributed by atoms with van der Waals surface area (Å²) in [5.41, 5.74) is 0. The van der Waals surface area contributed by atoms with Gasteiger partial charge in [-0.15, -0.1) is 0 Å². The maximum absolute atomic E-state index is 11.2. The van der Waals surface area contributed by atoms with E-state index in [-0.39, 0.29) is 20.3 Å². The van der Waals surface area contributed by atoms with Crippen molar-refractivity contribution < 1.29 is 53.1 Å². The summed E-state index contributed by atoms with van der Waals surface area (Å²) in [6.45, 7) is 0. The first-order valence-electron chi connectivity index (χ1n) is 1.82. The zero-order valence-electron chi connectivity index (χ0n) is 6.35. The largest absolute Gasteiger partial charge is 1.00 e. The van der Waals surface area contributed by atoms with Crippen LogP contribution in [0.1, 0.15) is 1.43 Å². The molecule has 0 aromatic rings. The Morgan fingerprint density at radius 2 is 1.82 bits per heavy atom. The monoisotopic (exact) mass is 180 g/mol. The van der Waals surface area contributed by atoms with E-state index in [1.165, 1.54) is 0 Å². The minimum atomic E-state index is -5.09. The van der Waals surface area contributed by atoms with Crippen LogP contribution in [0.3, 0.4) is 0 Å². The summed E-state index contributed by atoms with van der Waals surface area (Å²) in [6, 6.07) is -2.55. The molecule has 0 heterocycles. The molecule has 9 heteroatoms. The van der Waals surface area contributed by atoms with Crippen LogP contribution in [0.25, 0.3) is 0 Å². The zero-order valence-corrected chi connectivity index (χ0v) is 6.25. The molecule has 0 spiro atoms. The minimum absolute atomic E-state index is 0. The molecule has 0 aliphatic carbocycles. The number of carbonyl (C=O) groups is 2. The van der Waals surface area contributed by atoms with Gasteiger partial charge in [-0.25, -0.2) is 14.2 Å². The summed E-state index contributed by atoms with van der Waals surface area (Å²) in [5, 5.41) is 0. The summed E-state index contributed by atoms with van der Waals surface area (Å²) in [5.74, 6) is -2.20. The molecule has 0 aliphatic rings. The van der Waals surface area contributed by atoms with Crippen LogP contribution < -0.4 is 18.9 Å². The second kappa shape index (κ2) is 4.65. The molecule has 0 radical (unpaired) electrons. The quantitative estimate of drug-likeness (QED) is 0.196. The second-order valence-corrected chi connectivity index (χ2v) is 2.31. The Morgan fingerprint density at radius 1 is 1.45 bits per heavy atom. The van der Waals surface area contributed by atoms with E-state index in [9.17, 15) is 18.5 Å². The summed E-state index contributed by atoms with van der Waals surface area (Å²) >= 11 is 0. The first-order valence-corrected chi connectivity index (χ1v) is 3.35. The van der Waals surface area contributed by atoms with Gasteiger partial charge < -0.3 is 5.95 Å². The van der Waals surface area contributed by atoms with Crippen molar-refractivity contribution in [1.29, 1.82) is 0 Å². The van der Waals surface area contributed by atoms with Crippen LogP contribution in [-0.4, -0.2) is 21.8 Å². The third kappa shape index (κ3) is 7.72. The summed E-state index contributed by atoms with van der Waals surface area (Å²) in [7, 11) is -5.09. The van der Waals surface area contributed by atoms with Gasteiger partial charge in [0.25, 0.3) is 0 Å². The predicted molar refractivity (Wildman–Crippen MR) is 25.4 cm³/mol. The number of phosphoric acid groups is 1. The third-order valence-electron chi connectivity index (χ3n) is 0.362. The second-order valence-electron chi connectivity index (χ2n) is 1.14. The summed E-state index contributed by atoms with van der Waals surface area (Å²) in [4.78, 5) is 34.6. The Bertz CT molecular complexity index is 214. The van der Waals surface area contributed by atoms with E-state index >= 15 is 0 Å². The van der Waals surface area contributed by atoms with Gasteiger partial charge in [0.1, 0.15) is 0 Å². The predicted octanol–water partition coefficient (Wildman–Crippen LogP) is -3.77. The SMILES string of the molecule is O=C(F)C(=O)OP(=O)(O)O.[H-].[Li+]. The molecule has 0 aromatic carbocycles. The Hall–Kier alpha value is -0.183. The van der Waals surface area contributed by atoms with E-state index in [0.717, 1.165) is 0 Å². The normalized spacial score (nSPS) is 9.73. The fourth-order valence-electron chi connectivity index (χ4n) is 0.144. The topological polar surface area (TPSA) is 101 Å². The van der Waals surface area contributed by atoms with Crippen molar-refractivity contribution in [3.05, 3.63) is 0 Å². The molecule has 0 amide bonds. The number of phosphoric ester groups is 1. The van der Waals surface area contributed by atoms with Crippen molar-refractivity contribution in [3.8, 4) is 0 Å². The molecule has 0 unspecified atom stereocenters. The molecular weight excluding hydrogens is 177 g/mol. The van der Waals surface area contributed by atoms with E-state index < -0.39 is 19.8 Å². The van der Waals surface area contributed by atoms with Crippen molar-refractivity contribution in [2.45, 2.75) is 0 Å². The van der Waals surface area contributed by atoms with Gasteiger partial charge in [0.15, 0.2) is 0 Å². The number of hydrogen-bond acceptors (Lipinski definition) is 4. The van der Waals surface area contributed by atoms with Crippen molar-refractivity contribution >= 4 is 19.8 Å². The van der Waals surface area contributed by atoms with E-state index in [0.29, 0.717) is 0 Å². The van der Waals surface area contributed by atoms with Gasteiger partial charge in [0.05, 0.1) is 0 Å². The molecule has 0 aliphatic heterocycles.